The first-order valence-corrected chi connectivity index (χ1v) is 21.0. The Hall–Kier alpha value is -4.82. The number of benzene rings is 2. The molecule has 0 radical (unpaired) electrons. The number of aromatic nitrogens is 1. The van der Waals surface area contributed by atoms with E-state index in [0.717, 1.165) is 34.5 Å². The number of nitrogens with one attached hydrogen (secondary N) is 1. The fraction of sp³-hybridized carbons (Fsp3) is 0.512. The number of piperidine rings is 1. The highest BCUT2D eigenvalue weighted by Gasteiger charge is 2.64. The molecule has 1 aromatic heterocycles. The van der Waals surface area contributed by atoms with E-state index >= 15 is 0 Å². The molecule has 6 atom stereocenters. The molecule has 2 aliphatic heterocycles. The van der Waals surface area contributed by atoms with Gasteiger partial charge in [-0.15, -0.1) is 6.58 Å². The predicted octanol–water partition coefficient (Wildman–Crippen LogP) is 5.51. The van der Waals surface area contributed by atoms with Crippen LogP contribution in [0, 0.1) is 17.3 Å². The lowest BCUT2D eigenvalue weighted by Crippen LogP contribution is -2.57. The van der Waals surface area contributed by atoms with Crippen molar-refractivity contribution in [1.82, 2.24) is 24.4 Å². The van der Waals surface area contributed by atoms with Crippen molar-refractivity contribution < 1.29 is 37.4 Å². The van der Waals surface area contributed by atoms with E-state index in [2.05, 4.69) is 11.9 Å². The van der Waals surface area contributed by atoms with Gasteiger partial charge in [0, 0.05) is 61.0 Å². The number of ether oxygens (including phenoxy) is 2. The van der Waals surface area contributed by atoms with Gasteiger partial charge in [-0.05, 0) is 56.1 Å². The van der Waals surface area contributed by atoms with Crippen molar-refractivity contribution in [3.05, 3.63) is 67.3 Å². The highest BCUT2D eigenvalue weighted by atomic mass is 32.2. The number of fused-ring (bicyclic) bond motifs is 1. The Morgan fingerprint density at radius 3 is 2.42 bits per heavy atom. The van der Waals surface area contributed by atoms with Crippen LogP contribution in [0.2, 0.25) is 0 Å². The lowest BCUT2D eigenvalue weighted by Gasteiger charge is -2.36. The second kappa shape index (κ2) is 16.2. The number of hydrogen-bond acceptors (Lipinski definition) is 8. The smallest absolute Gasteiger partial charge is 0.264 e. The first-order chi connectivity index (χ1) is 27.2. The lowest BCUT2D eigenvalue weighted by molar-refractivity contribution is -0.149. The summed E-state index contributed by atoms with van der Waals surface area (Å²) >= 11 is -2.57. The number of pyridine rings is 1. The van der Waals surface area contributed by atoms with E-state index in [-0.39, 0.29) is 43.7 Å². The van der Waals surface area contributed by atoms with Crippen LogP contribution in [-0.2, 0) is 30.4 Å². The van der Waals surface area contributed by atoms with Crippen molar-refractivity contribution in [2.75, 3.05) is 26.7 Å². The zero-order valence-corrected chi connectivity index (χ0v) is 34.0. The fourth-order valence-corrected chi connectivity index (χ4v) is 9.08. The summed E-state index contributed by atoms with van der Waals surface area (Å²) in [5, 5.41) is 3.66. The van der Waals surface area contributed by atoms with E-state index in [0.29, 0.717) is 48.6 Å². The Bertz CT molecular complexity index is 2060. The minimum absolute atomic E-state index is 0.00438. The van der Waals surface area contributed by atoms with E-state index in [4.69, 9.17) is 14.5 Å². The normalized spacial score (nSPS) is 24.3. The van der Waals surface area contributed by atoms with E-state index < -0.39 is 58.0 Å². The second-order valence-corrected chi connectivity index (χ2v) is 17.8. The van der Waals surface area contributed by atoms with Gasteiger partial charge in [-0.1, -0.05) is 57.2 Å². The van der Waals surface area contributed by atoms with E-state index in [1.165, 1.54) is 4.90 Å². The molecule has 13 nitrogen and oxygen atoms in total. The van der Waals surface area contributed by atoms with Crippen LogP contribution in [-0.4, -0.2) is 102 Å². The monoisotopic (exact) mass is 799 g/mol. The largest absolute Gasteiger partial charge is 0.497 e. The molecule has 4 aliphatic rings. The maximum atomic E-state index is 14.9. The fourth-order valence-electron chi connectivity index (χ4n) is 8.31. The molecule has 2 aromatic carbocycles. The summed E-state index contributed by atoms with van der Waals surface area (Å²) in [6.45, 7) is 11.0. The Balaban J connectivity index is 1.22. The average Bonchev–Trinajstić information content (AvgIpc) is 4.12. The minimum Gasteiger partial charge on any atom is -0.497 e. The summed E-state index contributed by atoms with van der Waals surface area (Å²) in [4.78, 5) is 65.4. The zero-order valence-electron chi connectivity index (χ0n) is 33.1. The van der Waals surface area contributed by atoms with Gasteiger partial charge in [-0.25, -0.2) is 13.5 Å². The third kappa shape index (κ3) is 8.43. The first kappa shape index (κ1) is 40.4. The van der Waals surface area contributed by atoms with Gasteiger partial charge in [-0.2, -0.15) is 0 Å². The Morgan fingerprint density at radius 1 is 1.09 bits per heavy atom. The molecule has 14 heteroatoms. The Labute approximate surface area is 336 Å². The number of carbonyl (C=O) groups is 4. The van der Waals surface area contributed by atoms with Gasteiger partial charge in [0.25, 0.3) is 17.2 Å². The van der Waals surface area contributed by atoms with Crippen LogP contribution < -0.4 is 14.8 Å². The van der Waals surface area contributed by atoms with Crippen LogP contribution in [0.4, 0.5) is 0 Å². The second-order valence-electron chi connectivity index (χ2n) is 16.9. The van der Waals surface area contributed by atoms with Crippen LogP contribution in [0.5, 0.6) is 11.5 Å². The molecule has 2 saturated carbocycles. The first-order valence-electron chi connectivity index (χ1n) is 19.9. The predicted molar refractivity (Wildman–Crippen MR) is 216 cm³/mol. The van der Waals surface area contributed by atoms with Crippen LogP contribution in [0.3, 0.4) is 0 Å². The summed E-state index contributed by atoms with van der Waals surface area (Å²) in [5.41, 5.74) is 0.0823. The van der Waals surface area contributed by atoms with Crippen molar-refractivity contribution >= 4 is 45.8 Å². The molecule has 4 fully saturated rings. The van der Waals surface area contributed by atoms with Crippen molar-refractivity contribution in [3.63, 3.8) is 0 Å². The number of methoxy groups -OCH3 is 1. The molecule has 2 saturated heterocycles. The molecule has 2 N–H and O–H groups in total. The SMILES string of the molecule is C=C[C@@H]1C[C@]1(NC(=O)[C@@H]1C[C@@H](Oc2cc(-c3ccccc3)nc3cc(OC)ccc23)CN1C(=O)C(CC(=O)N1CCCCC1)C(C)(C)C)C(=O)N(C1CC1)S(=O)O. The van der Waals surface area contributed by atoms with E-state index in [9.17, 15) is 27.9 Å². The molecule has 57 heavy (non-hydrogen) atoms. The molecular weight excluding hydrogens is 747 g/mol. The molecule has 0 spiro atoms. The molecule has 2 unspecified atom stereocenters. The van der Waals surface area contributed by atoms with E-state index in [1.54, 1.807) is 13.2 Å². The summed E-state index contributed by atoms with van der Waals surface area (Å²) in [5.74, 6) is -1.72. The molecule has 304 valence electrons. The van der Waals surface area contributed by atoms with Gasteiger partial charge in [0.05, 0.1) is 30.8 Å². The summed E-state index contributed by atoms with van der Waals surface area (Å²) < 4.78 is 35.7. The van der Waals surface area contributed by atoms with Gasteiger partial charge in [-0.3, -0.25) is 23.7 Å². The maximum absolute atomic E-state index is 14.9. The molecule has 3 aromatic rings. The standard InChI is InChI=1S/C43H53N5O8S/c1-6-28-25-43(28,41(52)48(57(53)54)29-15-16-29)45-39(50)36-22-31(26-47(36)40(51)33(42(2,3)4)23-38(49)46-19-11-8-12-20-46)56-37-24-34(27-13-9-7-10-14-27)44-35-21-30(55-5)17-18-32(35)37/h6-7,9-10,13-14,17-18,21,24,28-29,31,33,36H,1,8,11-12,15-16,19-20,22-23,25-26H2,2-5H3,(H,45,50)(H,53,54)/t28-,31-,33?,36+,43-/m1/s1. The van der Waals surface area contributed by atoms with Gasteiger partial charge >= 0.3 is 0 Å². The molecule has 2 aliphatic carbocycles. The molecular formula is C43H53N5O8S. The average molecular weight is 800 g/mol. The van der Waals surface area contributed by atoms with Gasteiger partial charge < -0.3 is 24.6 Å². The summed E-state index contributed by atoms with van der Waals surface area (Å²) in [6.07, 6.45) is 5.31. The molecule has 3 heterocycles. The Morgan fingerprint density at radius 2 is 1.81 bits per heavy atom. The molecule has 0 bridgehead atoms. The summed E-state index contributed by atoms with van der Waals surface area (Å²) in [6, 6.07) is 15.6. The number of rotatable bonds is 13. The molecule has 4 amide bonds. The highest BCUT2D eigenvalue weighted by molar-refractivity contribution is 7.77. The number of hydrogen-bond donors (Lipinski definition) is 2. The number of amides is 4. The quantitative estimate of drug-likeness (QED) is 0.168. The Kier molecular flexibility index (Phi) is 11.5. The van der Waals surface area contributed by atoms with Crippen molar-refractivity contribution in [2.24, 2.45) is 17.3 Å². The van der Waals surface area contributed by atoms with Crippen molar-refractivity contribution in [1.29, 1.82) is 0 Å². The van der Waals surface area contributed by atoms with Crippen LogP contribution in [0.25, 0.3) is 22.2 Å². The topological polar surface area (TPSA) is 159 Å². The van der Waals surface area contributed by atoms with Crippen LogP contribution >= 0.6 is 0 Å². The summed E-state index contributed by atoms with van der Waals surface area (Å²) in [7, 11) is 1.59. The highest BCUT2D eigenvalue weighted by Crippen LogP contribution is 2.48. The lowest BCUT2D eigenvalue weighted by atomic mass is 9.77. The number of likely N-dealkylation sites (tertiary alicyclic amines) is 2. The number of nitrogens with zero attached hydrogens (tertiary/aromatic N) is 4. The van der Waals surface area contributed by atoms with E-state index in [1.807, 2.05) is 80.3 Å². The van der Waals surface area contributed by atoms with Crippen molar-refractivity contribution in [2.45, 2.75) is 95.9 Å². The third-order valence-corrected chi connectivity index (χ3v) is 12.7. The van der Waals surface area contributed by atoms with Crippen molar-refractivity contribution in [3.8, 4) is 22.8 Å². The van der Waals surface area contributed by atoms with Gasteiger partial charge in [0.2, 0.25) is 17.7 Å². The van der Waals surface area contributed by atoms with Crippen LogP contribution in [0.15, 0.2) is 67.3 Å². The maximum Gasteiger partial charge on any atom is 0.264 e. The molecule has 7 rings (SSSR count). The third-order valence-electron chi connectivity index (χ3n) is 11.9. The van der Waals surface area contributed by atoms with Crippen LogP contribution in [0.1, 0.15) is 72.1 Å². The minimum atomic E-state index is -2.57. The van der Waals surface area contributed by atoms with Gasteiger partial charge in [0.1, 0.15) is 29.2 Å². The number of carbonyl (C=O) groups excluding carboxylic acids is 4. The van der Waals surface area contributed by atoms with Gasteiger partial charge in [0.15, 0.2) is 0 Å². The zero-order chi connectivity index (χ0) is 40.6.